The van der Waals surface area contributed by atoms with Crippen LogP contribution >= 0.6 is 11.8 Å². The number of rotatable bonds is 7. The van der Waals surface area contributed by atoms with Crippen LogP contribution in [0.5, 0.6) is 5.75 Å². The van der Waals surface area contributed by atoms with E-state index in [4.69, 9.17) is 4.74 Å². The fourth-order valence-corrected chi connectivity index (χ4v) is 2.41. The Balaban J connectivity index is 2.45. The van der Waals surface area contributed by atoms with Gasteiger partial charge in [0.15, 0.2) is 0 Å². The van der Waals surface area contributed by atoms with Crippen molar-refractivity contribution in [2.24, 2.45) is 0 Å². The molecule has 1 aromatic carbocycles. The summed E-state index contributed by atoms with van der Waals surface area (Å²) in [6, 6.07) is 7.86. The van der Waals surface area contributed by atoms with Crippen molar-refractivity contribution in [3.63, 3.8) is 0 Å². The number of benzene rings is 1. The van der Waals surface area contributed by atoms with Gasteiger partial charge in [-0.2, -0.15) is 0 Å². The quantitative estimate of drug-likeness (QED) is 0.711. The molecule has 4 heteroatoms. The number of carbonyl (C=O) groups is 1. The van der Waals surface area contributed by atoms with Crippen molar-refractivity contribution in [2.75, 3.05) is 25.4 Å². The van der Waals surface area contributed by atoms with Crippen molar-refractivity contribution < 1.29 is 9.53 Å². The lowest BCUT2D eigenvalue weighted by Crippen LogP contribution is -2.31. The summed E-state index contributed by atoms with van der Waals surface area (Å²) in [6.45, 7) is 8.20. The zero-order chi connectivity index (χ0) is 13.4. The van der Waals surface area contributed by atoms with Crippen molar-refractivity contribution >= 4 is 17.7 Å². The molecule has 0 aliphatic rings. The average Bonchev–Trinajstić information content (AvgIpc) is 2.40. The van der Waals surface area contributed by atoms with E-state index in [0.29, 0.717) is 12.4 Å². The Morgan fingerprint density at radius 2 is 1.78 bits per heavy atom. The molecule has 0 spiro atoms. The van der Waals surface area contributed by atoms with E-state index in [-0.39, 0.29) is 5.91 Å². The normalized spacial score (nSPS) is 10.2. The molecule has 0 N–H and O–H groups in total. The van der Waals surface area contributed by atoms with Gasteiger partial charge in [-0.05, 0) is 45.0 Å². The molecule has 100 valence electrons. The third-order valence-electron chi connectivity index (χ3n) is 2.61. The smallest absolute Gasteiger partial charge is 0.232 e. The molecule has 3 nitrogen and oxygen atoms in total. The second kappa shape index (κ2) is 8.03. The number of hydrogen-bond donors (Lipinski definition) is 0. The van der Waals surface area contributed by atoms with Gasteiger partial charge in [-0.15, -0.1) is 11.8 Å². The average molecular weight is 267 g/mol. The van der Waals surface area contributed by atoms with Crippen LogP contribution < -0.4 is 4.74 Å². The van der Waals surface area contributed by atoms with E-state index in [2.05, 4.69) is 0 Å². The molecule has 0 unspecified atom stereocenters. The van der Waals surface area contributed by atoms with Crippen LogP contribution in [0.15, 0.2) is 29.2 Å². The Morgan fingerprint density at radius 3 is 2.28 bits per heavy atom. The van der Waals surface area contributed by atoms with Crippen LogP contribution in [0.1, 0.15) is 20.8 Å². The Kier molecular flexibility index (Phi) is 6.65. The molecule has 0 aromatic heterocycles. The van der Waals surface area contributed by atoms with Crippen LogP contribution in [0.4, 0.5) is 0 Å². The molecular weight excluding hydrogens is 246 g/mol. The number of nitrogens with zero attached hydrogens (tertiary/aromatic N) is 1. The first-order chi connectivity index (χ1) is 8.71. The van der Waals surface area contributed by atoms with E-state index >= 15 is 0 Å². The summed E-state index contributed by atoms with van der Waals surface area (Å²) in [5.41, 5.74) is 0. The predicted octanol–water partition coefficient (Wildman–Crippen LogP) is 3.05. The van der Waals surface area contributed by atoms with Crippen molar-refractivity contribution in [1.29, 1.82) is 0 Å². The van der Waals surface area contributed by atoms with Crippen LogP contribution in [0.25, 0.3) is 0 Å². The van der Waals surface area contributed by atoms with Gasteiger partial charge in [0.1, 0.15) is 5.75 Å². The van der Waals surface area contributed by atoms with E-state index in [1.165, 1.54) is 0 Å². The molecule has 0 saturated carbocycles. The molecule has 0 bridgehead atoms. The van der Waals surface area contributed by atoms with Crippen LogP contribution in [0.2, 0.25) is 0 Å². The minimum absolute atomic E-state index is 0.193. The number of hydrogen-bond acceptors (Lipinski definition) is 3. The SMILES string of the molecule is CCOc1ccc(SCC(=O)N(CC)CC)cc1. The Hall–Kier alpha value is -1.16. The largest absolute Gasteiger partial charge is 0.494 e. The minimum Gasteiger partial charge on any atom is -0.494 e. The number of carbonyl (C=O) groups excluding carboxylic acids is 1. The van der Waals surface area contributed by atoms with Crippen LogP contribution in [0, 0.1) is 0 Å². The molecule has 18 heavy (non-hydrogen) atoms. The molecule has 0 aliphatic carbocycles. The van der Waals surface area contributed by atoms with Gasteiger partial charge in [-0.25, -0.2) is 0 Å². The predicted molar refractivity (Wildman–Crippen MR) is 76.3 cm³/mol. The fourth-order valence-electron chi connectivity index (χ4n) is 1.61. The van der Waals surface area contributed by atoms with Crippen molar-refractivity contribution in [1.82, 2.24) is 4.90 Å². The first-order valence-electron chi connectivity index (χ1n) is 6.34. The lowest BCUT2D eigenvalue weighted by Gasteiger charge is -2.18. The first kappa shape index (κ1) is 14.9. The number of amides is 1. The topological polar surface area (TPSA) is 29.5 Å². The Bertz CT molecular complexity index is 361. The maximum absolute atomic E-state index is 11.8. The third kappa shape index (κ3) is 4.61. The van der Waals surface area contributed by atoms with Crippen molar-refractivity contribution in [3.8, 4) is 5.75 Å². The molecule has 1 aromatic rings. The van der Waals surface area contributed by atoms with Crippen LogP contribution in [-0.2, 0) is 4.79 Å². The van der Waals surface area contributed by atoms with Crippen molar-refractivity contribution in [3.05, 3.63) is 24.3 Å². The van der Waals surface area contributed by atoms with Gasteiger partial charge >= 0.3 is 0 Å². The second-order valence-corrected chi connectivity index (χ2v) is 4.81. The summed E-state index contributed by atoms with van der Waals surface area (Å²) in [4.78, 5) is 14.8. The summed E-state index contributed by atoms with van der Waals surface area (Å²) in [5.74, 6) is 1.56. The first-order valence-corrected chi connectivity index (χ1v) is 7.33. The molecule has 0 atom stereocenters. The van der Waals surface area contributed by atoms with E-state index < -0.39 is 0 Å². The molecule has 0 fully saturated rings. The molecular formula is C14H21NO2S. The highest BCUT2D eigenvalue weighted by Crippen LogP contribution is 2.21. The van der Waals surface area contributed by atoms with Gasteiger partial charge < -0.3 is 9.64 Å². The second-order valence-electron chi connectivity index (χ2n) is 3.76. The molecule has 0 heterocycles. The fraction of sp³-hybridized carbons (Fsp3) is 0.500. The van der Waals surface area contributed by atoms with Gasteiger partial charge in [0, 0.05) is 18.0 Å². The Morgan fingerprint density at radius 1 is 1.17 bits per heavy atom. The zero-order valence-corrected chi connectivity index (χ0v) is 12.1. The third-order valence-corrected chi connectivity index (χ3v) is 3.61. The molecule has 1 rings (SSSR count). The molecule has 0 saturated heterocycles. The van der Waals surface area contributed by atoms with E-state index in [1.54, 1.807) is 11.8 Å². The highest BCUT2D eigenvalue weighted by Gasteiger charge is 2.09. The molecule has 1 amide bonds. The van der Waals surface area contributed by atoms with Crippen LogP contribution in [0.3, 0.4) is 0 Å². The van der Waals surface area contributed by atoms with Crippen LogP contribution in [-0.4, -0.2) is 36.3 Å². The minimum atomic E-state index is 0.193. The highest BCUT2D eigenvalue weighted by atomic mass is 32.2. The van der Waals surface area contributed by atoms with E-state index in [0.717, 1.165) is 23.7 Å². The highest BCUT2D eigenvalue weighted by molar-refractivity contribution is 8.00. The lowest BCUT2D eigenvalue weighted by molar-refractivity contribution is -0.127. The van der Waals surface area contributed by atoms with E-state index in [1.807, 2.05) is 49.9 Å². The Labute approximate surface area is 114 Å². The zero-order valence-electron chi connectivity index (χ0n) is 11.3. The number of ether oxygens (including phenoxy) is 1. The molecule has 0 aliphatic heterocycles. The maximum atomic E-state index is 11.8. The molecule has 0 radical (unpaired) electrons. The lowest BCUT2D eigenvalue weighted by atomic mass is 10.3. The summed E-state index contributed by atoms with van der Waals surface area (Å²) in [7, 11) is 0. The van der Waals surface area contributed by atoms with Gasteiger partial charge in [0.05, 0.1) is 12.4 Å². The van der Waals surface area contributed by atoms with Gasteiger partial charge in [0.25, 0.3) is 0 Å². The summed E-state index contributed by atoms with van der Waals surface area (Å²) < 4.78 is 5.38. The van der Waals surface area contributed by atoms with Gasteiger partial charge in [0.2, 0.25) is 5.91 Å². The summed E-state index contributed by atoms with van der Waals surface area (Å²) >= 11 is 1.57. The standard InChI is InChI=1S/C14H21NO2S/c1-4-15(5-2)14(16)11-18-13-9-7-12(8-10-13)17-6-3/h7-10H,4-6,11H2,1-3H3. The van der Waals surface area contributed by atoms with Crippen molar-refractivity contribution in [2.45, 2.75) is 25.7 Å². The van der Waals surface area contributed by atoms with Gasteiger partial charge in [-0.1, -0.05) is 0 Å². The van der Waals surface area contributed by atoms with Gasteiger partial charge in [-0.3, -0.25) is 4.79 Å². The maximum Gasteiger partial charge on any atom is 0.232 e. The van der Waals surface area contributed by atoms with E-state index in [9.17, 15) is 4.79 Å². The summed E-state index contributed by atoms with van der Waals surface area (Å²) in [5, 5.41) is 0. The monoisotopic (exact) mass is 267 g/mol. The summed E-state index contributed by atoms with van der Waals surface area (Å²) in [6.07, 6.45) is 0. The number of thioether (sulfide) groups is 1.